The first kappa shape index (κ1) is 13.7. The lowest BCUT2D eigenvalue weighted by atomic mass is 9.95. The lowest BCUT2D eigenvalue weighted by Gasteiger charge is -2.22. The molecule has 1 saturated carbocycles. The van der Waals surface area contributed by atoms with Gasteiger partial charge in [-0.2, -0.15) is 5.10 Å². The van der Waals surface area contributed by atoms with Gasteiger partial charge < -0.3 is 11.1 Å². The molecule has 1 aromatic heterocycles. The molecule has 21 heavy (non-hydrogen) atoms. The molecule has 1 fully saturated rings. The van der Waals surface area contributed by atoms with Crippen molar-refractivity contribution in [2.75, 3.05) is 5.73 Å². The molecule has 1 aromatic carbocycles. The van der Waals surface area contributed by atoms with E-state index in [0.29, 0.717) is 17.4 Å². The van der Waals surface area contributed by atoms with Gasteiger partial charge in [-0.3, -0.25) is 4.79 Å². The zero-order chi connectivity index (χ0) is 14.7. The molecule has 110 valence electrons. The van der Waals surface area contributed by atoms with Crippen LogP contribution in [-0.2, 0) is 0 Å². The summed E-state index contributed by atoms with van der Waals surface area (Å²) >= 11 is 0. The number of benzene rings is 1. The lowest BCUT2D eigenvalue weighted by molar-refractivity contribution is 0.0922. The number of nitrogens with one attached hydrogen (secondary N) is 1. The fourth-order valence-electron chi connectivity index (χ4n) is 2.76. The Morgan fingerprint density at radius 3 is 2.81 bits per heavy atom. The molecule has 1 heterocycles. The minimum atomic E-state index is -0.0930. The van der Waals surface area contributed by atoms with Crippen LogP contribution < -0.4 is 11.1 Å². The molecule has 5 heteroatoms. The number of anilines is 1. The van der Waals surface area contributed by atoms with Crippen LogP contribution >= 0.6 is 0 Å². The van der Waals surface area contributed by atoms with Gasteiger partial charge in [0, 0.05) is 17.9 Å². The van der Waals surface area contributed by atoms with E-state index in [1.807, 2.05) is 24.3 Å². The Bertz CT molecular complexity index is 629. The zero-order valence-corrected chi connectivity index (χ0v) is 12.0. The molecule has 3 N–H and O–H groups in total. The van der Waals surface area contributed by atoms with Gasteiger partial charge in [0.05, 0.1) is 5.69 Å². The molecule has 2 aromatic rings. The molecule has 0 bridgehead atoms. The summed E-state index contributed by atoms with van der Waals surface area (Å²) in [5, 5.41) is 7.41. The van der Waals surface area contributed by atoms with Crippen LogP contribution in [0.25, 0.3) is 5.69 Å². The summed E-state index contributed by atoms with van der Waals surface area (Å²) < 4.78 is 1.67. The molecule has 1 aliphatic carbocycles. The van der Waals surface area contributed by atoms with Crippen LogP contribution in [-0.4, -0.2) is 21.7 Å². The third-order valence-corrected chi connectivity index (χ3v) is 3.90. The van der Waals surface area contributed by atoms with Crippen LogP contribution in [0.5, 0.6) is 0 Å². The van der Waals surface area contributed by atoms with Gasteiger partial charge in [0.1, 0.15) is 0 Å². The predicted octanol–water partition coefficient (Wildman–Crippen LogP) is 2.52. The van der Waals surface area contributed by atoms with Crippen molar-refractivity contribution >= 4 is 11.6 Å². The van der Waals surface area contributed by atoms with Crippen molar-refractivity contribution < 1.29 is 4.79 Å². The minimum Gasteiger partial charge on any atom is -0.399 e. The van der Waals surface area contributed by atoms with Gasteiger partial charge in [-0.25, -0.2) is 4.68 Å². The van der Waals surface area contributed by atoms with Crippen LogP contribution in [0, 0.1) is 0 Å². The first-order valence-corrected chi connectivity index (χ1v) is 7.45. The van der Waals surface area contributed by atoms with Gasteiger partial charge in [0.2, 0.25) is 0 Å². The number of hydrogen-bond donors (Lipinski definition) is 2. The third kappa shape index (κ3) is 3.24. The van der Waals surface area contributed by atoms with Crippen LogP contribution in [0.4, 0.5) is 5.69 Å². The van der Waals surface area contributed by atoms with Crippen molar-refractivity contribution in [1.82, 2.24) is 15.1 Å². The third-order valence-electron chi connectivity index (χ3n) is 3.90. The van der Waals surface area contributed by atoms with Crippen molar-refractivity contribution in [1.29, 1.82) is 0 Å². The Balaban J connectivity index is 1.70. The first-order chi connectivity index (χ1) is 10.2. The fourth-order valence-corrected chi connectivity index (χ4v) is 2.76. The highest BCUT2D eigenvalue weighted by Gasteiger charge is 2.18. The molecular formula is C16H20N4O. The highest BCUT2D eigenvalue weighted by Crippen LogP contribution is 2.18. The Kier molecular flexibility index (Phi) is 3.90. The molecule has 0 radical (unpaired) electrons. The van der Waals surface area contributed by atoms with E-state index in [9.17, 15) is 4.79 Å². The van der Waals surface area contributed by atoms with Gasteiger partial charge in [0.15, 0.2) is 5.69 Å². The van der Waals surface area contributed by atoms with E-state index in [1.54, 1.807) is 16.9 Å². The summed E-state index contributed by atoms with van der Waals surface area (Å²) in [4.78, 5) is 12.2. The molecule has 1 amide bonds. The summed E-state index contributed by atoms with van der Waals surface area (Å²) in [6, 6.07) is 9.46. The van der Waals surface area contributed by atoms with Crippen LogP contribution in [0.1, 0.15) is 42.6 Å². The van der Waals surface area contributed by atoms with E-state index >= 15 is 0 Å². The van der Waals surface area contributed by atoms with Crippen molar-refractivity contribution in [2.45, 2.75) is 38.1 Å². The fraction of sp³-hybridized carbons (Fsp3) is 0.375. The lowest BCUT2D eigenvalue weighted by Crippen LogP contribution is -2.36. The number of carbonyl (C=O) groups is 1. The summed E-state index contributed by atoms with van der Waals surface area (Å²) in [5.41, 5.74) is 7.74. The number of carbonyl (C=O) groups excluding carboxylic acids is 1. The number of nitrogen functional groups attached to an aromatic ring is 1. The number of nitrogens with zero attached hydrogens (tertiary/aromatic N) is 2. The second-order valence-electron chi connectivity index (χ2n) is 5.55. The van der Waals surface area contributed by atoms with Gasteiger partial charge in [0.25, 0.3) is 5.91 Å². The normalized spacial score (nSPS) is 15.8. The highest BCUT2D eigenvalue weighted by atomic mass is 16.2. The Morgan fingerprint density at radius 2 is 2.05 bits per heavy atom. The highest BCUT2D eigenvalue weighted by molar-refractivity contribution is 5.92. The number of hydrogen-bond acceptors (Lipinski definition) is 3. The van der Waals surface area contributed by atoms with Crippen molar-refractivity contribution in [3.63, 3.8) is 0 Å². The molecule has 0 atom stereocenters. The summed E-state index contributed by atoms with van der Waals surface area (Å²) in [5.74, 6) is -0.0930. The Hall–Kier alpha value is -2.30. The van der Waals surface area contributed by atoms with Crippen LogP contribution in [0.3, 0.4) is 0 Å². The van der Waals surface area contributed by atoms with Gasteiger partial charge in [-0.1, -0.05) is 25.3 Å². The van der Waals surface area contributed by atoms with E-state index < -0.39 is 0 Å². The first-order valence-electron chi connectivity index (χ1n) is 7.45. The maximum atomic E-state index is 12.2. The second kappa shape index (κ2) is 5.99. The molecular weight excluding hydrogens is 264 g/mol. The molecule has 3 rings (SSSR count). The van der Waals surface area contributed by atoms with Gasteiger partial charge in [-0.15, -0.1) is 0 Å². The van der Waals surface area contributed by atoms with E-state index in [2.05, 4.69) is 10.4 Å². The zero-order valence-electron chi connectivity index (χ0n) is 12.0. The topological polar surface area (TPSA) is 72.9 Å². The van der Waals surface area contributed by atoms with Crippen molar-refractivity contribution in [2.24, 2.45) is 0 Å². The average molecular weight is 284 g/mol. The molecule has 5 nitrogen and oxygen atoms in total. The maximum Gasteiger partial charge on any atom is 0.272 e. The second-order valence-corrected chi connectivity index (χ2v) is 5.55. The van der Waals surface area contributed by atoms with Gasteiger partial charge in [-0.05, 0) is 37.1 Å². The molecule has 0 saturated heterocycles. The largest absolute Gasteiger partial charge is 0.399 e. The van der Waals surface area contributed by atoms with Crippen LogP contribution in [0.2, 0.25) is 0 Å². The summed E-state index contributed by atoms with van der Waals surface area (Å²) in [6.45, 7) is 0. The number of aromatic nitrogens is 2. The average Bonchev–Trinajstić information content (AvgIpc) is 2.98. The van der Waals surface area contributed by atoms with Gasteiger partial charge >= 0.3 is 0 Å². The summed E-state index contributed by atoms with van der Waals surface area (Å²) in [7, 11) is 0. The van der Waals surface area contributed by atoms with E-state index in [1.165, 1.54) is 19.3 Å². The molecule has 0 aliphatic heterocycles. The number of rotatable bonds is 3. The number of nitrogens with two attached hydrogens (primary N) is 1. The predicted molar refractivity (Wildman–Crippen MR) is 82.3 cm³/mol. The Morgan fingerprint density at radius 1 is 1.24 bits per heavy atom. The van der Waals surface area contributed by atoms with E-state index in [-0.39, 0.29) is 5.91 Å². The maximum absolute atomic E-state index is 12.2. The standard InChI is InChI=1S/C16H20N4O/c17-12-5-4-8-14(11-12)20-10-9-15(19-20)16(21)18-13-6-2-1-3-7-13/h4-5,8-11,13H,1-3,6-7,17H2,(H,18,21). The SMILES string of the molecule is Nc1cccc(-n2ccc(C(=O)NC3CCCCC3)n2)c1. The summed E-state index contributed by atoms with van der Waals surface area (Å²) in [6.07, 6.45) is 7.59. The van der Waals surface area contributed by atoms with Crippen molar-refractivity contribution in [3.05, 3.63) is 42.2 Å². The smallest absolute Gasteiger partial charge is 0.272 e. The van der Waals surface area contributed by atoms with Crippen molar-refractivity contribution in [3.8, 4) is 5.69 Å². The monoisotopic (exact) mass is 284 g/mol. The van der Waals surface area contributed by atoms with Crippen LogP contribution in [0.15, 0.2) is 36.5 Å². The van der Waals surface area contributed by atoms with E-state index in [4.69, 9.17) is 5.73 Å². The number of amides is 1. The van der Waals surface area contributed by atoms with E-state index in [0.717, 1.165) is 18.5 Å². The molecule has 1 aliphatic rings. The molecule has 0 spiro atoms. The molecule has 0 unspecified atom stereocenters. The quantitative estimate of drug-likeness (QED) is 0.851. The Labute approximate surface area is 124 Å². The minimum absolute atomic E-state index is 0.0930.